The lowest BCUT2D eigenvalue weighted by Gasteiger charge is -2.35. The van der Waals surface area contributed by atoms with Crippen molar-refractivity contribution in [1.29, 1.82) is 0 Å². The number of amides is 3. The minimum atomic E-state index is -0.411. The summed E-state index contributed by atoms with van der Waals surface area (Å²) in [6, 6.07) is 9.98. The summed E-state index contributed by atoms with van der Waals surface area (Å²) in [4.78, 5) is 32.5. The number of nitrogens with one attached hydrogen (secondary N) is 2. The minimum Gasteiger partial charge on any atom is -0.353 e. The normalized spacial score (nSPS) is 13.9. The lowest BCUT2D eigenvalue weighted by molar-refractivity contribution is 0.0953. The first-order valence-corrected chi connectivity index (χ1v) is 9.27. The summed E-state index contributed by atoms with van der Waals surface area (Å²) in [7, 11) is 0. The minimum absolute atomic E-state index is 0.156. The quantitative estimate of drug-likeness (QED) is 0.770. The maximum Gasteiger partial charge on any atom is 0.317 e. The third-order valence-electron chi connectivity index (χ3n) is 4.66. The van der Waals surface area contributed by atoms with E-state index >= 15 is 0 Å². The van der Waals surface area contributed by atoms with Crippen molar-refractivity contribution in [2.75, 3.05) is 44.2 Å². The molecular weight excluding hydrogens is 361 g/mol. The van der Waals surface area contributed by atoms with E-state index in [4.69, 9.17) is 0 Å². The van der Waals surface area contributed by atoms with Crippen LogP contribution in [0.1, 0.15) is 15.9 Å². The van der Waals surface area contributed by atoms with Crippen LogP contribution in [-0.2, 0) is 0 Å². The average Bonchev–Trinajstić information content (AvgIpc) is 2.73. The molecule has 0 unspecified atom stereocenters. The summed E-state index contributed by atoms with van der Waals surface area (Å²) >= 11 is 0. The Morgan fingerprint density at radius 3 is 2.50 bits per heavy atom. The molecule has 0 atom stereocenters. The molecule has 28 heavy (non-hydrogen) atoms. The number of pyridine rings is 1. The molecule has 0 saturated carbocycles. The van der Waals surface area contributed by atoms with Gasteiger partial charge in [0.1, 0.15) is 11.6 Å². The largest absolute Gasteiger partial charge is 0.353 e. The molecular formula is C20H24FN5O2. The van der Waals surface area contributed by atoms with Gasteiger partial charge >= 0.3 is 6.03 Å². The van der Waals surface area contributed by atoms with Crippen LogP contribution in [0.2, 0.25) is 0 Å². The summed E-state index contributed by atoms with van der Waals surface area (Å²) in [5.74, 6) is 0.140. The number of hydrogen-bond donors (Lipinski definition) is 2. The Morgan fingerprint density at radius 1 is 1.07 bits per heavy atom. The van der Waals surface area contributed by atoms with Crippen molar-refractivity contribution in [2.45, 2.75) is 6.92 Å². The van der Waals surface area contributed by atoms with Crippen LogP contribution < -0.4 is 15.5 Å². The predicted molar refractivity (Wildman–Crippen MR) is 105 cm³/mol. The molecule has 0 aliphatic carbocycles. The van der Waals surface area contributed by atoms with E-state index in [-0.39, 0.29) is 24.0 Å². The van der Waals surface area contributed by atoms with Gasteiger partial charge in [-0.15, -0.1) is 0 Å². The SMILES string of the molecule is Cc1ccc(C(=O)NCCNC(=O)N2CCN(c3ccccn3)CC2)cc1F. The van der Waals surface area contributed by atoms with Crippen molar-refractivity contribution in [3.63, 3.8) is 0 Å². The number of carbonyl (C=O) groups excluding carboxylic acids is 2. The van der Waals surface area contributed by atoms with Crippen molar-refractivity contribution in [2.24, 2.45) is 0 Å². The Kier molecular flexibility index (Phi) is 6.41. The molecule has 0 bridgehead atoms. The van der Waals surface area contributed by atoms with Gasteiger partial charge in [-0.3, -0.25) is 4.79 Å². The molecule has 0 spiro atoms. The molecule has 3 rings (SSSR count). The van der Waals surface area contributed by atoms with Gasteiger partial charge in [-0.1, -0.05) is 12.1 Å². The van der Waals surface area contributed by atoms with Gasteiger partial charge in [0.15, 0.2) is 0 Å². The lowest BCUT2D eigenvalue weighted by Crippen LogP contribution is -2.52. The van der Waals surface area contributed by atoms with Crippen molar-refractivity contribution >= 4 is 17.8 Å². The zero-order chi connectivity index (χ0) is 19.9. The molecule has 1 aromatic carbocycles. The monoisotopic (exact) mass is 385 g/mol. The van der Waals surface area contributed by atoms with Gasteiger partial charge in [-0.2, -0.15) is 0 Å². The topological polar surface area (TPSA) is 77.6 Å². The molecule has 0 radical (unpaired) electrons. The van der Waals surface area contributed by atoms with Gasteiger partial charge < -0.3 is 20.4 Å². The van der Waals surface area contributed by atoms with Crippen LogP contribution in [0.15, 0.2) is 42.6 Å². The van der Waals surface area contributed by atoms with Crippen LogP contribution >= 0.6 is 0 Å². The van der Waals surface area contributed by atoms with Crippen LogP contribution in [0.25, 0.3) is 0 Å². The van der Waals surface area contributed by atoms with Gasteiger partial charge in [-0.05, 0) is 36.8 Å². The molecule has 7 nitrogen and oxygen atoms in total. The summed E-state index contributed by atoms with van der Waals surface area (Å²) < 4.78 is 13.5. The summed E-state index contributed by atoms with van der Waals surface area (Å²) in [5, 5.41) is 5.48. The van der Waals surface area contributed by atoms with E-state index < -0.39 is 5.82 Å². The number of urea groups is 1. The number of aromatic nitrogens is 1. The van der Waals surface area contributed by atoms with Gasteiger partial charge in [0, 0.05) is 51.0 Å². The summed E-state index contributed by atoms with van der Waals surface area (Å²) in [6.45, 7) is 4.88. The van der Waals surface area contributed by atoms with Gasteiger partial charge in [0.2, 0.25) is 0 Å². The molecule has 148 valence electrons. The fraction of sp³-hybridized carbons (Fsp3) is 0.350. The number of benzene rings is 1. The second-order valence-corrected chi connectivity index (χ2v) is 6.61. The van der Waals surface area contributed by atoms with Crippen LogP contribution in [0.5, 0.6) is 0 Å². The first-order valence-electron chi connectivity index (χ1n) is 9.27. The molecule has 1 aliphatic rings. The number of anilines is 1. The molecule has 2 heterocycles. The predicted octanol–water partition coefficient (Wildman–Crippen LogP) is 1.79. The molecule has 2 N–H and O–H groups in total. The maximum atomic E-state index is 13.5. The first kappa shape index (κ1) is 19.6. The number of carbonyl (C=O) groups is 2. The highest BCUT2D eigenvalue weighted by atomic mass is 19.1. The smallest absolute Gasteiger partial charge is 0.317 e. The van der Waals surface area contributed by atoms with E-state index in [1.807, 2.05) is 18.2 Å². The second kappa shape index (κ2) is 9.16. The van der Waals surface area contributed by atoms with E-state index in [0.29, 0.717) is 25.2 Å². The fourth-order valence-corrected chi connectivity index (χ4v) is 2.97. The van der Waals surface area contributed by atoms with Crippen LogP contribution in [0.3, 0.4) is 0 Å². The van der Waals surface area contributed by atoms with Crippen molar-refractivity contribution < 1.29 is 14.0 Å². The molecule has 2 aromatic rings. The molecule has 1 aliphatic heterocycles. The van der Waals surface area contributed by atoms with Crippen molar-refractivity contribution in [3.05, 3.63) is 59.5 Å². The van der Waals surface area contributed by atoms with Gasteiger partial charge in [0.05, 0.1) is 0 Å². The molecule has 1 aromatic heterocycles. The first-order chi connectivity index (χ1) is 13.5. The highest BCUT2D eigenvalue weighted by molar-refractivity contribution is 5.94. The second-order valence-electron chi connectivity index (χ2n) is 6.61. The third kappa shape index (κ3) is 4.97. The Morgan fingerprint density at radius 2 is 1.82 bits per heavy atom. The van der Waals surface area contributed by atoms with E-state index in [2.05, 4.69) is 20.5 Å². The van der Waals surface area contributed by atoms with Crippen molar-refractivity contribution in [1.82, 2.24) is 20.5 Å². The van der Waals surface area contributed by atoms with Gasteiger partial charge in [0.25, 0.3) is 5.91 Å². The number of aryl methyl sites for hydroxylation is 1. The Labute approximate surface area is 163 Å². The number of hydrogen-bond acceptors (Lipinski definition) is 4. The number of piperazine rings is 1. The number of nitrogens with zero attached hydrogens (tertiary/aromatic N) is 3. The zero-order valence-corrected chi connectivity index (χ0v) is 15.8. The Bertz CT molecular complexity index is 823. The standard InChI is InChI=1S/C20H24FN5O2/c1-15-5-6-16(14-17(15)21)19(27)23-8-9-24-20(28)26-12-10-25(11-13-26)18-4-2-3-7-22-18/h2-7,14H,8-13H2,1H3,(H,23,27)(H,24,28). The van der Waals surface area contributed by atoms with Crippen LogP contribution in [0, 0.1) is 12.7 Å². The lowest BCUT2D eigenvalue weighted by atomic mass is 10.1. The highest BCUT2D eigenvalue weighted by Gasteiger charge is 2.21. The van der Waals surface area contributed by atoms with E-state index in [1.54, 1.807) is 30.2 Å². The summed E-state index contributed by atoms with van der Waals surface area (Å²) in [6.07, 6.45) is 1.76. The fourth-order valence-electron chi connectivity index (χ4n) is 2.97. The maximum absolute atomic E-state index is 13.5. The summed E-state index contributed by atoms with van der Waals surface area (Å²) in [5.41, 5.74) is 0.757. The number of rotatable bonds is 5. The van der Waals surface area contributed by atoms with E-state index in [1.165, 1.54) is 6.07 Å². The third-order valence-corrected chi connectivity index (χ3v) is 4.66. The Balaban J connectivity index is 1.37. The molecule has 1 saturated heterocycles. The average molecular weight is 385 g/mol. The van der Waals surface area contributed by atoms with Gasteiger partial charge in [-0.25, -0.2) is 14.2 Å². The van der Waals surface area contributed by atoms with Crippen LogP contribution in [-0.4, -0.2) is 61.1 Å². The molecule has 3 amide bonds. The van der Waals surface area contributed by atoms with E-state index in [9.17, 15) is 14.0 Å². The zero-order valence-electron chi connectivity index (χ0n) is 15.8. The van der Waals surface area contributed by atoms with Crippen LogP contribution in [0.4, 0.5) is 15.0 Å². The Hall–Kier alpha value is -3.16. The highest BCUT2D eigenvalue weighted by Crippen LogP contribution is 2.12. The molecule has 1 fully saturated rings. The number of halogens is 1. The van der Waals surface area contributed by atoms with Crippen molar-refractivity contribution in [3.8, 4) is 0 Å². The molecule has 8 heteroatoms. The van der Waals surface area contributed by atoms with E-state index in [0.717, 1.165) is 18.9 Å².